The van der Waals surface area contributed by atoms with Crippen molar-refractivity contribution in [2.45, 2.75) is 63.5 Å². The Balaban J connectivity index is 1.95. The molecular formula is C20H28O7. The molecule has 1 aliphatic heterocycles. The summed E-state index contributed by atoms with van der Waals surface area (Å²) < 4.78 is 16.4. The van der Waals surface area contributed by atoms with Crippen molar-refractivity contribution in [3.63, 3.8) is 0 Å². The lowest BCUT2D eigenvalue weighted by Crippen LogP contribution is -2.59. The zero-order valence-electron chi connectivity index (χ0n) is 15.6. The molecule has 3 N–H and O–H groups in total. The van der Waals surface area contributed by atoms with Gasteiger partial charge in [0.05, 0.1) is 6.10 Å². The maximum absolute atomic E-state index is 11.7. The summed E-state index contributed by atoms with van der Waals surface area (Å²) in [7, 11) is 0. The van der Waals surface area contributed by atoms with E-state index in [1.54, 1.807) is 13.0 Å². The SMILES string of the molecule is CCC/C=C/C(=O)OC[C@H]1O[C@@H](O[C@@H](C)c2ccccc2)[C@H](O)[C@@H](O)[C@@H]1O. The maximum atomic E-state index is 11.7. The van der Waals surface area contributed by atoms with Gasteiger partial charge in [0.25, 0.3) is 0 Å². The number of allylic oxidation sites excluding steroid dienone is 1. The number of hydrogen-bond donors (Lipinski definition) is 3. The van der Waals surface area contributed by atoms with Gasteiger partial charge in [0, 0.05) is 6.08 Å². The quantitative estimate of drug-likeness (QED) is 0.463. The summed E-state index contributed by atoms with van der Waals surface area (Å²) in [6.07, 6.45) is -2.21. The second-order valence-electron chi connectivity index (χ2n) is 6.52. The molecule has 1 aromatic rings. The molecule has 0 unspecified atom stereocenters. The highest BCUT2D eigenvalue weighted by atomic mass is 16.7. The van der Waals surface area contributed by atoms with Gasteiger partial charge in [-0.15, -0.1) is 0 Å². The van der Waals surface area contributed by atoms with Gasteiger partial charge in [0.15, 0.2) is 6.29 Å². The Morgan fingerprint density at radius 3 is 2.56 bits per heavy atom. The molecule has 27 heavy (non-hydrogen) atoms. The third-order valence-electron chi connectivity index (χ3n) is 4.37. The molecular weight excluding hydrogens is 352 g/mol. The first-order valence-corrected chi connectivity index (χ1v) is 9.17. The molecule has 150 valence electrons. The van der Waals surface area contributed by atoms with Gasteiger partial charge in [-0.2, -0.15) is 0 Å². The number of hydrogen-bond acceptors (Lipinski definition) is 7. The monoisotopic (exact) mass is 380 g/mol. The highest BCUT2D eigenvalue weighted by molar-refractivity contribution is 5.81. The van der Waals surface area contributed by atoms with E-state index in [2.05, 4.69) is 0 Å². The average Bonchev–Trinajstić information content (AvgIpc) is 2.68. The lowest BCUT2D eigenvalue weighted by Gasteiger charge is -2.40. The van der Waals surface area contributed by atoms with E-state index in [1.165, 1.54) is 6.08 Å². The van der Waals surface area contributed by atoms with Gasteiger partial charge in [0.1, 0.15) is 31.0 Å². The summed E-state index contributed by atoms with van der Waals surface area (Å²) in [4.78, 5) is 11.7. The van der Waals surface area contributed by atoms with Gasteiger partial charge < -0.3 is 29.5 Å². The van der Waals surface area contributed by atoms with Crippen LogP contribution < -0.4 is 0 Å². The molecule has 0 amide bonds. The summed E-state index contributed by atoms with van der Waals surface area (Å²) in [5.41, 5.74) is 0.873. The van der Waals surface area contributed by atoms with Crippen molar-refractivity contribution in [2.24, 2.45) is 0 Å². The van der Waals surface area contributed by atoms with Crippen LogP contribution in [0.4, 0.5) is 0 Å². The summed E-state index contributed by atoms with van der Waals surface area (Å²) in [5.74, 6) is -0.560. The molecule has 1 aromatic carbocycles. The molecule has 1 aliphatic rings. The molecule has 0 saturated carbocycles. The van der Waals surface area contributed by atoms with Gasteiger partial charge >= 0.3 is 5.97 Å². The van der Waals surface area contributed by atoms with Crippen molar-refractivity contribution in [3.8, 4) is 0 Å². The fraction of sp³-hybridized carbons (Fsp3) is 0.550. The first kappa shape index (κ1) is 21.5. The Morgan fingerprint density at radius 2 is 1.89 bits per heavy atom. The van der Waals surface area contributed by atoms with Crippen LogP contribution in [0.2, 0.25) is 0 Å². The minimum absolute atomic E-state index is 0.264. The van der Waals surface area contributed by atoms with Crippen LogP contribution in [0.25, 0.3) is 0 Å². The Hall–Kier alpha value is -1.77. The molecule has 7 nitrogen and oxygen atoms in total. The molecule has 1 heterocycles. The van der Waals surface area contributed by atoms with Gasteiger partial charge in [-0.3, -0.25) is 0 Å². The number of rotatable bonds is 8. The molecule has 6 atom stereocenters. The van der Waals surface area contributed by atoms with Crippen molar-refractivity contribution in [1.29, 1.82) is 0 Å². The second-order valence-corrected chi connectivity index (χ2v) is 6.52. The van der Waals surface area contributed by atoms with E-state index in [0.29, 0.717) is 0 Å². The van der Waals surface area contributed by atoms with Gasteiger partial charge in [-0.1, -0.05) is 49.8 Å². The van der Waals surface area contributed by atoms with Crippen LogP contribution >= 0.6 is 0 Å². The predicted octanol–water partition coefficient (Wildman–Crippen LogP) is 1.47. The number of benzene rings is 1. The minimum Gasteiger partial charge on any atom is -0.460 e. The first-order chi connectivity index (χ1) is 12.9. The minimum atomic E-state index is -1.48. The van der Waals surface area contributed by atoms with Crippen LogP contribution in [0.15, 0.2) is 42.5 Å². The van der Waals surface area contributed by atoms with Crippen molar-refractivity contribution < 1.29 is 34.3 Å². The van der Waals surface area contributed by atoms with Crippen LogP contribution in [-0.2, 0) is 19.0 Å². The van der Waals surface area contributed by atoms with E-state index in [4.69, 9.17) is 14.2 Å². The Bertz CT molecular complexity index is 604. The maximum Gasteiger partial charge on any atom is 0.330 e. The van der Waals surface area contributed by atoms with Crippen LogP contribution in [0.3, 0.4) is 0 Å². The lowest BCUT2D eigenvalue weighted by molar-refractivity contribution is -0.311. The number of carbonyl (C=O) groups is 1. The normalized spacial score (nSPS) is 29.6. The summed E-state index contributed by atoms with van der Waals surface area (Å²) in [6.45, 7) is 3.52. The molecule has 7 heteroatoms. The summed E-state index contributed by atoms with van der Waals surface area (Å²) in [6, 6.07) is 9.34. The molecule has 2 rings (SSSR count). The van der Waals surface area contributed by atoms with E-state index in [-0.39, 0.29) is 6.61 Å². The number of aliphatic hydroxyl groups is 3. The molecule has 0 bridgehead atoms. The zero-order valence-corrected chi connectivity index (χ0v) is 15.6. The van der Waals surface area contributed by atoms with E-state index in [9.17, 15) is 20.1 Å². The Kier molecular flexibility index (Phi) is 8.40. The van der Waals surface area contributed by atoms with Gasteiger partial charge in [0.2, 0.25) is 0 Å². The highest BCUT2D eigenvalue weighted by Gasteiger charge is 2.45. The number of ether oxygens (including phenoxy) is 3. The zero-order chi connectivity index (χ0) is 19.8. The molecule has 1 saturated heterocycles. The second kappa shape index (κ2) is 10.5. The number of esters is 1. The number of carbonyl (C=O) groups excluding carboxylic acids is 1. The van der Waals surface area contributed by atoms with Crippen LogP contribution in [0.1, 0.15) is 38.4 Å². The van der Waals surface area contributed by atoms with Crippen molar-refractivity contribution in [1.82, 2.24) is 0 Å². The van der Waals surface area contributed by atoms with E-state index >= 15 is 0 Å². The van der Waals surface area contributed by atoms with Crippen LogP contribution in [0.5, 0.6) is 0 Å². The Morgan fingerprint density at radius 1 is 1.19 bits per heavy atom. The summed E-state index contributed by atoms with van der Waals surface area (Å²) in [5, 5.41) is 30.4. The van der Waals surface area contributed by atoms with E-state index < -0.39 is 42.8 Å². The molecule has 0 radical (unpaired) electrons. The number of unbranched alkanes of at least 4 members (excludes halogenated alkanes) is 1. The predicted molar refractivity (Wildman–Crippen MR) is 97.6 cm³/mol. The smallest absolute Gasteiger partial charge is 0.330 e. The van der Waals surface area contributed by atoms with Gasteiger partial charge in [-0.25, -0.2) is 4.79 Å². The van der Waals surface area contributed by atoms with E-state index in [1.807, 2.05) is 37.3 Å². The van der Waals surface area contributed by atoms with E-state index in [0.717, 1.165) is 18.4 Å². The van der Waals surface area contributed by atoms with Crippen LogP contribution in [0, 0.1) is 0 Å². The summed E-state index contributed by atoms with van der Waals surface area (Å²) >= 11 is 0. The fourth-order valence-electron chi connectivity index (χ4n) is 2.73. The third kappa shape index (κ3) is 6.12. The van der Waals surface area contributed by atoms with Crippen molar-refractivity contribution in [3.05, 3.63) is 48.0 Å². The Labute approximate surface area is 159 Å². The molecule has 0 spiro atoms. The molecule has 1 fully saturated rings. The van der Waals surface area contributed by atoms with Gasteiger partial charge in [-0.05, 0) is 18.9 Å². The number of aliphatic hydroxyl groups excluding tert-OH is 3. The third-order valence-corrected chi connectivity index (χ3v) is 4.37. The standard InChI is InChI=1S/C20H28O7/c1-3-4-6-11-16(21)25-12-15-17(22)18(23)19(24)20(27-15)26-13(2)14-9-7-5-8-10-14/h5-11,13,15,17-20,22-24H,3-4,12H2,1-2H3/b11-6+/t13-,15+,17+,18-,19+,20+/m0/s1. The van der Waals surface area contributed by atoms with Crippen molar-refractivity contribution in [2.75, 3.05) is 6.61 Å². The topological polar surface area (TPSA) is 105 Å². The van der Waals surface area contributed by atoms with Crippen molar-refractivity contribution >= 4 is 5.97 Å². The van der Waals surface area contributed by atoms with Crippen LogP contribution in [-0.4, -0.2) is 58.6 Å². The fourth-order valence-corrected chi connectivity index (χ4v) is 2.73. The first-order valence-electron chi connectivity index (χ1n) is 9.17. The molecule has 0 aliphatic carbocycles. The lowest BCUT2D eigenvalue weighted by atomic mass is 9.99. The molecule has 0 aromatic heterocycles. The largest absolute Gasteiger partial charge is 0.460 e. The highest BCUT2D eigenvalue weighted by Crippen LogP contribution is 2.27. The average molecular weight is 380 g/mol.